The summed E-state index contributed by atoms with van der Waals surface area (Å²) in [6.07, 6.45) is 5.47. The lowest BCUT2D eigenvalue weighted by Gasteiger charge is -2.62. The third kappa shape index (κ3) is 10.8. The Balaban J connectivity index is 1.17. The van der Waals surface area contributed by atoms with Gasteiger partial charge in [0.25, 0.3) is 11.8 Å². The summed E-state index contributed by atoms with van der Waals surface area (Å²) in [5.41, 5.74) is 2.13. The van der Waals surface area contributed by atoms with Gasteiger partial charge in [0.15, 0.2) is 13.2 Å². The van der Waals surface area contributed by atoms with E-state index in [1.165, 1.54) is 16.9 Å². The lowest BCUT2D eigenvalue weighted by Crippen LogP contribution is -2.61. The van der Waals surface area contributed by atoms with Crippen LogP contribution in [-0.2, 0) is 38.4 Å². The standard InChI is InChI=1S/C51H70N6O10/c1-30(2)56-26-44(59)52-34-10-14-37(15-11-34)67-38-16-12-35(13-17-38)53-45(60)27-57(31(3)4)47(62)29-66-55-43-25-41-49(40-19-18-39(51(40,43)7)32(5)9-20-48(63)64-8)42(58)24-33-23-36(21-22-50(33,41)6)54-65-28-46(56)61/h10-17,30-33,39-42,49,58H,9,18-29H2,1-8H3,(H,52,59)(H,53,60)/t32-,33+,39-,40+,41+,42-,49+,50+,51-/m1/s1. The van der Waals surface area contributed by atoms with Crippen molar-refractivity contribution in [1.82, 2.24) is 9.80 Å². The van der Waals surface area contributed by atoms with E-state index in [0.717, 1.165) is 30.7 Å². The number of hydrogen-bond donors (Lipinski definition) is 3. The van der Waals surface area contributed by atoms with Crippen LogP contribution >= 0.6 is 0 Å². The quantitative estimate of drug-likeness (QED) is 0.245. The molecule has 9 bridgehead atoms. The first kappa shape index (κ1) is 49.4. The van der Waals surface area contributed by atoms with E-state index in [4.69, 9.17) is 24.3 Å². The number of anilines is 2. The van der Waals surface area contributed by atoms with E-state index in [1.54, 1.807) is 48.5 Å². The summed E-state index contributed by atoms with van der Waals surface area (Å²) in [6.45, 7) is 13.1. The summed E-state index contributed by atoms with van der Waals surface area (Å²) < 4.78 is 11.0. The zero-order chi connectivity index (χ0) is 48.2. The van der Waals surface area contributed by atoms with Gasteiger partial charge in [-0.2, -0.15) is 0 Å². The van der Waals surface area contributed by atoms with Crippen LogP contribution in [0.4, 0.5) is 11.4 Å². The molecule has 0 aromatic heterocycles. The van der Waals surface area contributed by atoms with E-state index in [0.29, 0.717) is 61.4 Å². The molecule has 4 saturated carbocycles. The van der Waals surface area contributed by atoms with Crippen LogP contribution in [0, 0.1) is 46.3 Å². The fraction of sp³-hybridized carbons (Fsp3) is 0.627. The van der Waals surface area contributed by atoms with Crippen molar-refractivity contribution in [3.05, 3.63) is 48.5 Å². The predicted octanol–water partition coefficient (Wildman–Crippen LogP) is 7.42. The van der Waals surface area contributed by atoms with Gasteiger partial charge in [-0.3, -0.25) is 24.0 Å². The van der Waals surface area contributed by atoms with Gasteiger partial charge < -0.3 is 44.7 Å². The number of rotatable bonds is 6. The molecule has 0 spiro atoms. The minimum Gasteiger partial charge on any atom is -0.469 e. The van der Waals surface area contributed by atoms with E-state index in [1.807, 2.05) is 27.7 Å². The highest BCUT2D eigenvalue weighted by Crippen LogP contribution is 2.67. The summed E-state index contributed by atoms with van der Waals surface area (Å²) in [7, 11) is 1.41. The number of hydrogen-bond acceptors (Lipinski definition) is 12. The number of amides is 4. The molecule has 2 aromatic carbocycles. The first-order valence-electron chi connectivity index (χ1n) is 24.1. The first-order valence-corrected chi connectivity index (χ1v) is 24.1. The first-order chi connectivity index (χ1) is 31.9. The zero-order valence-electron chi connectivity index (χ0n) is 40.4. The maximum Gasteiger partial charge on any atom is 0.305 e. The van der Waals surface area contributed by atoms with E-state index >= 15 is 0 Å². The van der Waals surface area contributed by atoms with Gasteiger partial charge in [-0.15, -0.1) is 0 Å². The van der Waals surface area contributed by atoms with Crippen LogP contribution in [0.1, 0.15) is 106 Å². The van der Waals surface area contributed by atoms with E-state index in [-0.39, 0.29) is 109 Å². The highest BCUT2D eigenvalue weighted by molar-refractivity contribution is 5.96. The van der Waals surface area contributed by atoms with Crippen LogP contribution < -0.4 is 15.4 Å². The number of benzene rings is 2. The van der Waals surface area contributed by atoms with Crippen molar-refractivity contribution in [3.63, 3.8) is 0 Å². The van der Waals surface area contributed by atoms with Gasteiger partial charge in [-0.25, -0.2) is 0 Å². The fourth-order valence-electron chi connectivity index (χ4n) is 12.3. The molecule has 9 aliphatic rings. The number of esters is 1. The molecule has 3 N–H and O–H groups in total. The number of oxime groups is 2. The second-order valence-electron chi connectivity index (χ2n) is 20.5. The Morgan fingerprint density at radius 3 is 1.90 bits per heavy atom. The highest BCUT2D eigenvalue weighted by Gasteiger charge is 2.65. The molecule has 4 fully saturated rings. The number of nitrogens with zero attached hydrogens (tertiary/aromatic N) is 4. The molecular formula is C51H70N6O10. The normalized spacial score (nSPS) is 30.3. The molecule has 67 heavy (non-hydrogen) atoms. The zero-order valence-corrected chi connectivity index (χ0v) is 40.4. The number of carbonyl (C=O) groups excluding carboxylic acids is 5. The van der Waals surface area contributed by atoms with Crippen LogP contribution in [0.15, 0.2) is 58.8 Å². The molecule has 5 aliphatic heterocycles. The van der Waals surface area contributed by atoms with Gasteiger partial charge in [0.2, 0.25) is 11.8 Å². The van der Waals surface area contributed by atoms with Crippen molar-refractivity contribution in [2.45, 2.75) is 124 Å². The lowest BCUT2D eigenvalue weighted by atomic mass is 9.43. The number of methoxy groups -OCH3 is 1. The molecule has 11 rings (SSSR count). The van der Waals surface area contributed by atoms with Crippen LogP contribution in [0.25, 0.3) is 0 Å². The Bertz CT molecular complexity index is 2200. The van der Waals surface area contributed by atoms with Gasteiger partial charge in [-0.05, 0) is 169 Å². The molecule has 0 saturated heterocycles. The van der Waals surface area contributed by atoms with E-state index < -0.39 is 11.5 Å². The van der Waals surface area contributed by atoms with Crippen molar-refractivity contribution in [2.24, 2.45) is 56.6 Å². The summed E-state index contributed by atoms with van der Waals surface area (Å²) in [6, 6.07) is 13.1. The Morgan fingerprint density at radius 1 is 0.806 bits per heavy atom. The maximum atomic E-state index is 13.9. The number of aliphatic hydroxyl groups is 1. The Labute approximate surface area is 394 Å². The minimum atomic E-state index is -0.564. The number of fused-ring (bicyclic) bond motifs is 3. The molecule has 5 heterocycles. The van der Waals surface area contributed by atoms with Crippen LogP contribution in [-0.4, -0.2) is 108 Å². The largest absolute Gasteiger partial charge is 0.469 e. The summed E-state index contributed by atoms with van der Waals surface area (Å²) in [5.74, 6) is -0.109. The second-order valence-corrected chi connectivity index (χ2v) is 20.5. The molecule has 2 aromatic rings. The Morgan fingerprint density at radius 2 is 1.36 bits per heavy atom. The predicted molar refractivity (Wildman–Crippen MR) is 253 cm³/mol. The maximum absolute atomic E-state index is 13.9. The van der Waals surface area contributed by atoms with Crippen molar-refractivity contribution >= 4 is 52.4 Å². The van der Waals surface area contributed by atoms with Crippen molar-refractivity contribution in [2.75, 3.05) is 44.0 Å². The molecule has 16 heteroatoms. The molecule has 0 radical (unpaired) electrons. The molecular weight excluding hydrogens is 857 g/mol. The van der Waals surface area contributed by atoms with E-state index in [9.17, 15) is 29.1 Å². The minimum absolute atomic E-state index is 0.0112. The van der Waals surface area contributed by atoms with Gasteiger partial charge in [-0.1, -0.05) is 31.1 Å². The average molecular weight is 927 g/mol. The topological polar surface area (TPSA) is 198 Å². The summed E-state index contributed by atoms with van der Waals surface area (Å²) >= 11 is 0. The third-order valence-electron chi connectivity index (χ3n) is 16.0. The van der Waals surface area contributed by atoms with Gasteiger partial charge in [0.1, 0.15) is 24.6 Å². The number of ether oxygens (including phenoxy) is 2. The highest BCUT2D eigenvalue weighted by atomic mass is 16.6. The van der Waals surface area contributed by atoms with Gasteiger partial charge in [0, 0.05) is 35.3 Å². The summed E-state index contributed by atoms with van der Waals surface area (Å²) in [5, 5.41) is 27.3. The molecule has 0 unspecified atom stereocenters. The number of nitrogens with one attached hydrogen (secondary N) is 2. The van der Waals surface area contributed by atoms with Crippen LogP contribution in [0.3, 0.4) is 0 Å². The summed E-state index contributed by atoms with van der Waals surface area (Å²) in [4.78, 5) is 80.9. The van der Waals surface area contributed by atoms with Crippen molar-refractivity contribution in [1.29, 1.82) is 0 Å². The SMILES string of the molecule is COC(=O)CC[C@@H](C)[C@H]1CC[C@H]2[C@@H]3[C@H](O)C[C@@H]4CC5=NOCC(=O)N(C(C)C)CC(=O)Nc6ccc(cc6)Oc6ccc(cc6)NC(=O)CN(C(C)C)C(=O)CON=C(C[C@@H]3[C@@]4(C)CC5)[C@]12C. The van der Waals surface area contributed by atoms with E-state index in [2.05, 4.69) is 36.6 Å². The molecule has 364 valence electrons. The van der Waals surface area contributed by atoms with Crippen molar-refractivity contribution in [3.8, 4) is 11.5 Å². The lowest BCUT2D eigenvalue weighted by molar-refractivity contribution is -0.141. The molecule has 4 aliphatic carbocycles. The third-order valence-corrected chi connectivity index (χ3v) is 16.0. The van der Waals surface area contributed by atoms with Crippen molar-refractivity contribution < 1.29 is 48.2 Å². The van der Waals surface area contributed by atoms with Crippen LogP contribution in [0.2, 0.25) is 0 Å². The number of carbonyl (C=O) groups is 5. The molecule has 4 amide bonds. The fourth-order valence-corrected chi connectivity index (χ4v) is 12.3. The van der Waals surface area contributed by atoms with Gasteiger partial charge >= 0.3 is 5.97 Å². The Kier molecular flexibility index (Phi) is 15.3. The van der Waals surface area contributed by atoms with Crippen LogP contribution in [0.5, 0.6) is 11.5 Å². The number of aliphatic hydroxyl groups excluding tert-OH is 1. The second kappa shape index (κ2) is 20.8. The Hall–Kier alpha value is -5.51. The monoisotopic (exact) mass is 927 g/mol. The average Bonchev–Trinajstić information content (AvgIpc) is 3.65. The smallest absolute Gasteiger partial charge is 0.305 e. The molecule has 9 atom stereocenters. The molecule has 16 nitrogen and oxygen atoms in total. The van der Waals surface area contributed by atoms with Gasteiger partial charge in [0.05, 0.1) is 24.6 Å².